The first-order chi connectivity index (χ1) is 14.6. The second-order valence-electron chi connectivity index (χ2n) is 7.11. The van der Waals surface area contributed by atoms with Crippen molar-refractivity contribution in [3.8, 4) is 11.5 Å². The minimum absolute atomic E-state index is 0.109. The Morgan fingerprint density at radius 1 is 1.07 bits per heavy atom. The summed E-state index contributed by atoms with van der Waals surface area (Å²) < 4.78 is 16.0. The summed E-state index contributed by atoms with van der Waals surface area (Å²) in [6.45, 7) is 1.18. The van der Waals surface area contributed by atoms with Crippen molar-refractivity contribution in [2.45, 2.75) is 12.3 Å². The summed E-state index contributed by atoms with van der Waals surface area (Å²) in [5.41, 5.74) is 3.31. The van der Waals surface area contributed by atoms with E-state index in [-0.39, 0.29) is 5.91 Å². The molecule has 2 heterocycles. The van der Waals surface area contributed by atoms with E-state index in [0.717, 1.165) is 12.0 Å². The van der Waals surface area contributed by atoms with Crippen molar-refractivity contribution in [3.63, 3.8) is 0 Å². The predicted octanol–water partition coefficient (Wildman–Crippen LogP) is 2.78. The number of fused-ring (bicyclic) bond motifs is 2. The van der Waals surface area contributed by atoms with Crippen molar-refractivity contribution in [1.82, 2.24) is 10.2 Å². The Bertz CT molecular complexity index is 1030. The molecule has 0 fully saturated rings. The van der Waals surface area contributed by atoms with Crippen LogP contribution in [0.15, 0.2) is 48.2 Å². The van der Waals surface area contributed by atoms with Crippen molar-refractivity contribution in [2.24, 2.45) is 0 Å². The fraction of sp³-hybridized carbons (Fsp3) is 0.304. The Kier molecular flexibility index (Phi) is 5.35. The third-order valence-electron chi connectivity index (χ3n) is 5.54. The summed E-state index contributed by atoms with van der Waals surface area (Å²) in [5, 5.41) is 3.43. The first-order valence-electron chi connectivity index (χ1n) is 9.79. The lowest BCUT2D eigenvalue weighted by Gasteiger charge is -2.36. The average Bonchev–Trinajstić information content (AvgIpc) is 3.01. The van der Waals surface area contributed by atoms with E-state index in [4.69, 9.17) is 14.2 Å². The van der Waals surface area contributed by atoms with Gasteiger partial charge in [-0.2, -0.15) is 0 Å². The van der Waals surface area contributed by atoms with E-state index in [1.165, 1.54) is 7.11 Å². The Morgan fingerprint density at radius 3 is 2.57 bits per heavy atom. The highest BCUT2D eigenvalue weighted by Crippen LogP contribution is 2.42. The first kappa shape index (κ1) is 19.8. The molecule has 0 aliphatic carbocycles. The van der Waals surface area contributed by atoms with Crippen LogP contribution in [0, 0.1) is 0 Å². The van der Waals surface area contributed by atoms with Gasteiger partial charge in [0, 0.05) is 24.2 Å². The lowest BCUT2D eigenvalue weighted by molar-refractivity contribution is -0.141. The van der Waals surface area contributed by atoms with Crippen LogP contribution in [0.2, 0.25) is 0 Å². The van der Waals surface area contributed by atoms with Crippen LogP contribution in [0.5, 0.6) is 11.5 Å². The maximum absolute atomic E-state index is 13.3. The fourth-order valence-corrected chi connectivity index (χ4v) is 4.14. The zero-order chi connectivity index (χ0) is 21.3. The Hall–Kier alpha value is -3.48. The van der Waals surface area contributed by atoms with Gasteiger partial charge in [-0.15, -0.1) is 0 Å². The SMILES string of the molecule is COC(=O)C1C2=C(c3ccc(OC)c(OC)c3)NCCCN2C(=O)c2ccccc21. The number of nitrogens with zero attached hydrogens (tertiary/aromatic N) is 1. The number of carbonyl (C=O) groups is 2. The molecule has 1 atom stereocenters. The van der Waals surface area contributed by atoms with Crippen molar-refractivity contribution in [2.75, 3.05) is 34.4 Å². The summed E-state index contributed by atoms with van der Waals surface area (Å²) in [6.07, 6.45) is 0.752. The van der Waals surface area contributed by atoms with E-state index in [0.29, 0.717) is 47.1 Å². The van der Waals surface area contributed by atoms with Gasteiger partial charge in [-0.3, -0.25) is 9.59 Å². The number of rotatable bonds is 4. The van der Waals surface area contributed by atoms with Crippen molar-refractivity contribution in [1.29, 1.82) is 0 Å². The molecule has 1 unspecified atom stereocenters. The zero-order valence-corrected chi connectivity index (χ0v) is 17.2. The van der Waals surface area contributed by atoms with E-state index in [1.807, 2.05) is 36.4 Å². The van der Waals surface area contributed by atoms with E-state index < -0.39 is 11.9 Å². The maximum Gasteiger partial charge on any atom is 0.319 e. The molecule has 0 radical (unpaired) electrons. The van der Waals surface area contributed by atoms with E-state index in [9.17, 15) is 9.59 Å². The Labute approximate surface area is 175 Å². The fourth-order valence-electron chi connectivity index (χ4n) is 4.14. The average molecular weight is 408 g/mol. The molecule has 0 saturated heterocycles. The molecule has 0 aromatic heterocycles. The minimum Gasteiger partial charge on any atom is -0.493 e. The molecule has 7 nitrogen and oxygen atoms in total. The Balaban J connectivity index is 1.99. The third kappa shape index (κ3) is 3.16. The molecule has 30 heavy (non-hydrogen) atoms. The van der Waals surface area contributed by atoms with Gasteiger partial charge in [-0.25, -0.2) is 0 Å². The molecular weight excluding hydrogens is 384 g/mol. The second-order valence-corrected chi connectivity index (χ2v) is 7.11. The molecule has 156 valence electrons. The first-order valence-corrected chi connectivity index (χ1v) is 9.79. The molecule has 4 rings (SSSR count). The van der Waals surface area contributed by atoms with Gasteiger partial charge >= 0.3 is 5.97 Å². The molecule has 2 aromatic carbocycles. The van der Waals surface area contributed by atoms with Crippen molar-refractivity contribution in [3.05, 3.63) is 64.9 Å². The molecule has 2 aliphatic rings. The molecule has 7 heteroatoms. The van der Waals surface area contributed by atoms with E-state index in [1.54, 1.807) is 25.2 Å². The smallest absolute Gasteiger partial charge is 0.319 e. The summed E-state index contributed by atoms with van der Waals surface area (Å²) in [6, 6.07) is 12.8. The van der Waals surface area contributed by atoms with E-state index >= 15 is 0 Å². The number of benzene rings is 2. The van der Waals surface area contributed by atoms with Crippen LogP contribution in [-0.2, 0) is 9.53 Å². The van der Waals surface area contributed by atoms with Gasteiger partial charge in [0.2, 0.25) is 0 Å². The van der Waals surface area contributed by atoms with Crippen LogP contribution in [-0.4, -0.2) is 51.2 Å². The molecule has 0 saturated carbocycles. The summed E-state index contributed by atoms with van der Waals surface area (Å²) in [7, 11) is 4.52. The van der Waals surface area contributed by atoms with Gasteiger partial charge in [0.1, 0.15) is 5.92 Å². The number of amides is 1. The standard InChI is InChI=1S/C23H24N2O5/c1-28-17-10-9-14(13-18(17)29-2)20-21-19(23(27)30-3)15-7-4-5-8-16(15)22(26)25(21)12-6-11-24-20/h4-5,7-10,13,19,24H,6,11-12H2,1-3H3. The summed E-state index contributed by atoms with van der Waals surface area (Å²) >= 11 is 0. The van der Waals surface area contributed by atoms with E-state index in [2.05, 4.69) is 5.32 Å². The van der Waals surface area contributed by atoms with Crippen LogP contribution in [0.25, 0.3) is 5.70 Å². The number of methoxy groups -OCH3 is 3. The number of hydrogen-bond acceptors (Lipinski definition) is 6. The molecule has 1 amide bonds. The van der Waals surface area contributed by atoms with Crippen LogP contribution in [0.3, 0.4) is 0 Å². The van der Waals surface area contributed by atoms with Gasteiger partial charge < -0.3 is 24.4 Å². The highest BCUT2D eigenvalue weighted by molar-refractivity contribution is 6.04. The maximum atomic E-state index is 13.3. The minimum atomic E-state index is -0.711. The van der Waals surface area contributed by atoms with Gasteiger partial charge in [0.05, 0.1) is 32.7 Å². The summed E-state index contributed by atoms with van der Waals surface area (Å²) in [5.74, 6) is -0.0542. The molecular formula is C23H24N2O5. The Morgan fingerprint density at radius 2 is 1.83 bits per heavy atom. The van der Waals surface area contributed by atoms with Crippen LogP contribution in [0.1, 0.15) is 33.8 Å². The number of esters is 1. The molecule has 1 N–H and O–H groups in total. The van der Waals surface area contributed by atoms with Gasteiger partial charge in [-0.1, -0.05) is 18.2 Å². The predicted molar refractivity (Wildman–Crippen MR) is 111 cm³/mol. The van der Waals surface area contributed by atoms with Crippen LogP contribution < -0.4 is 14.8 Å². The van der Waals surface area contributed by atoms with Gasteiger partial charge in [-0.05, 0) is 36.2 Å². The number of ether oxygens (including phenoxy) is 3. The van der Waals surface area contributed by atoms with Crippen molar-refractivity contribution >= 4 is 17.6 Å². The lowest BCUT2D eigenvalue weighted by atomic mass is 9.84. The number of carbonyl (C=O) groups excluding carboxylic acids is 2. The monoisotopic (exact) mass is 408 g/mol. The van der Waals surface area contributed by atoms with Crippen LogP contribution in [0.4, 0.5) is 0 Å². The number of hydrogen-bond donors (Lipinski definition) is 1. The van der Waals surface area contributed by atoms with Gasteiger partial charge in [0.15, 0.2) is 11.5 Å². The van der Waals surface area contributed by atoms with Crippen molar-refractivity contribution < 1.29 is 23.8 Å². The second kappa shape index (κ2) is 8.10. The summed E-state index contributed by atoms with van der Waals surface area (Å²) in [4.78, 5) is 28.0. The quantitative estimate of drug-likeness (QED) is 0.784. The third-order valence-corrected chi connectivity index (χ3v) is 5.54. The lowest BCUT2D eigenvalue weighted by Crippen LogP contribution is -2.41. The largest absolute Gasteiger partial charge is 0.493 e. The molecule has 0 spiro atoms. The number of nitrogens with one attached hydrogen (secondary N) is 1. The molecule has 0 bridgehead atoms. The molecule has 2 aromatic rings. The van der Waals surface area contributed by atoms with Crippen LogP contribution >= 0.6 is 0 Å². The van der Waals surface area contributed by atoms with Gasteiger partial charge in [0.25, 0.3) is 5.91 Å². The molecule has 2 aliphatic heterocycles. The highest BCUT2D eigenvalue weighted by atomic mass is 16.5. The topological polar surface area (TPSA) is 77.1 Å². The zero-order valence-electron chi connectivity index (χ0n) is 17.2. The normalized spacial score (nSPS) is 18.0. The highest BCUT2D eigenvalue weighted by Gasteiger charge is 2.42.